The zero-order chi connectivity index (χ0) is 18.2. The van der Waals surface area contributed by atoms with E-state index in [9.17, 15) is 9.59 Å². The maximum Gasteiger partial charge on any atom is 0.310 e. The van der Waals surface area contributed by atoms with E-state index in [1.807, 2.05) is 42.5 Å². The van der Waals surface area contributed by atoms with Crippen LogP contribution in [-0.4, -0.2) is 37.7 Å². The molecule has 5 nitrogen and oxygen atoms in total. The van der Waals surface area contributed by atoms with Crippen molar-refractivity contribution in [2.45, 2.75) is 38.2 Å². The molecule has 5 heteroatoms. The van der Waals surface area contributed by atoms with Crippen LogP contribution in [-0.2, 0) is 25.5 Å². The molecule has 140 valence electrons. The number of rotatable bonds is 7. The van der Waals surface area contributed by atoms with Gasteiger partial charge in [0.05, 0.1) is 17.9 Å². The zero-order valence-corrected chi connectivity index (χ0v) is 15.1. The Kier molecular flexibility index (Phi) is 6.83. The highest BCUT2D eigenvalue weighted by molar-refractivity contribution is 5.86. The lowest BCUT2D eigenvalue weighted by molar-refractivity contribution is -0.156. The molecule has 3 atom stereocenters. The number of hydrogen-bond donors (Lipinski definition) is 1. The van der Waals surface area contributed by atoms with Gasteiger partial charge in [0.25, 0.3) is 0 Å². The first-order chi connectivity index (χ1) is 12.7. The number of benzene rings is 1. The summed E-state index contributed by atoms with van der Waals surface area (Å²) in [6.07, 6.45) is 7.82. The maximum atomic E-state index is 12.6. The van der Waals surface area contributed by atoms with Crippen molar-refractivity contribution < 1.29 is 19.1 Å². The second-order valence-electron chi connectivity index (χ2n) is 6.95. The predicted molar refractivity (Wildman–Crippen MR) is 98.4 cm³/mol. The Hall–Kier alpha value is -2.14. The number of ether oxygens (including phenoxy) is 2. The Morgan fingerprint density at radius 3 is 2.62 bits per heavy atom. The molecule has 26 heavy (non-hydrogen) atoms. The third-order valence-corrected chi connectivity index (χ3v) is 5.06. The lowest BCUT2D eigenvalue weighted by atomic mass is 9.82. The van der Waals surface area contributed by atoms with E-state index in [4.69, 9.17) is 9.47 Å². The van der Waals surface area contributed by atoms with Crippen molar-refractivity contribution in [1.29, 1.82) is 0 Å². The molecule has 0 radical (unpaired) electrons. The van der Waals surface area contributed by atoms with Crippen LogP contribution in [0.3, 0.4) is 0 Å². The molecular formula is C21H27NO4. The largest absolute Gasteiger partial charge is 0.463 e. The Bertz CT molecular complexity index is 622. The molecule has 0 bridgehead atoms. The van der Waals surface area contributed by atoms with Crippen LogP contribution < -0.4 is 5.32 Å². The van der Waals surface area contributed by atoms with Gasteiger partial charge < -0.3 is 14.8 Å². The zero-order valence-electron chi connectivity index (χ0n) is 15.1. The summed E-state index contributed by atoms with van der Waals surface area (Å²) in [7, 11) is 0. The molecule has 1 aromatic carbocycles. The van der Waals surface area contributed by atoms with E-state index in [2.05, 4.69) is 5.32 Å². The molecule has 0 unspecified atom stereocenters. The lowest BCUT2D eigenvalue weighted by Crippen LogP contribution is -2.40. The van der Waals surface area contributed by atoms with E-state index < -0.39 is 5.92 Å². The lowest BCUT2D eigenvalue weighted by Gasteiger charge is -2.26. The second kappa shape index (κ2) is 9.53. The summed E-state index contributed by atoms with van der Waals surface area (Å²) in [5, 5.41) is 2.98. The molecule has 1 aliphatic carbocycles. The smallest absolute Gasteiger partial charge is 0.310 e. The fourth-order valence-corrected chi connectivity index (χ4v) is 3.53. The molecule has 0 saturated carbocycles. The Morgan fingerprint density at radius 1 is 1.12 bits per heavy atom. The minimum Gasteiger partial charge on any atom is -0.463 e. The first kappa shape index (κ1) is 18.6. The summed E-state index contributed by atoms with van der Waals surface area (Å²) < 4.78 is 10.9. The van der Waals surface area contributed by atoms with Crippen molar-refractivity contribution in [3.63, 3.8) is 0 Å². The third-order valence-electron chi connectivity index (χ3n) is 5.06. The molecule has 1 fully saturated rings. The van der Waals surface area contributed by atoms with E-state index in [-0.39, 0.29) is 23.9 Å². The van der Waals surface area contributed by atoms with Gasteiger partial charge >= 0.3 is 5.97 Å². The number of carbonyl (C=O) groups is 2. The standard InChI is InChI=1S/C21H27NO4/c23-20(22-13-12-16-7-2-1-3-8-16)18-10-4-5-11-19(18)21(24)26-15-17-9-6-14-25-17/h1-5,7-8,17-19H,6,9-15H2,(H,22,23)/t17-,18-,19-/m1/s1. The SMILES string of the molecule is O=C(NCCc1ccccc1)[C@@H]1CC=CC[C@H]1C(=O)OC[C@H]1CCCO1. The van der Waals surface area contributed by atoms with Gasteiger partial charge in [0, 0.05) is 13.2 Å². The highest BCUT2D eigenvalue weighted by Gasteiger charge is 2.35. The summed E-state index contributed by atoms with van der Waals surface area (Å²) in [4.78, 5) is 25.1. The molecule has 1 amide bonds. The molecule has 1 aromatic rings. The van der Waals surface area contributed by atoms with Crippen LogP contribution in [0.2, 0.25) is 0 Å². The van der Waals surface area contributed by atoms with Crippen LogP contribution in [0, 0.1) is 11.8 Å². The van der Waals surface area contributed by atoms with Crippen LogP contribution in [0.15, 0.2) is 42.5 Å². The number of hydrogen-bond acceptors (Lipinski definition) is 4. The van der Waals surface area contributed by atoms with Crippen LogP contribution in [0.4, 0.5) is 0 Å². The van der Waals surface area contributed by atoms with Gasteiger partial charge in [0.2, 0.25) is 5.91 Å². The first-order valence-corrected chi connectivity index (χ1v) is 9.49. The van der Waals surface area contributed by atoms with Crippen LogP contribution in [0.25, 0.3) is 0 Å². The highest BCUT2D eigenvalue weighted by Crippen LogP contribution is 2.27. The normalized spacial score (nSPS) is 25.0. The average molecular weight is 357 g/mol. The molecule has 0 spiro atoms. The molecule has 2 aliphatic rings. The van der Waals surface area contributed by atoms with Gasteiger partial charge in [-0.05, 0) is 37.7 Å². The van der Waals surface area contributed by atoms with Crippen LogP contribution in [0.1, 0.15) is 31.2 Å². The van der Waals surface area contributed by atoms with Gasteiger partial charge in [-0.2, -0.15) is 0 Å². The van der Waals surface area contributed by atoms with E-state index in [0.29, 0.717) is 26.0 Å². The molecule has 1 heterocycles. The van der Waals surface area contributed by atoms with Crippen molar-refractivity contribution in [3.8, 4) is 0 Å². The topological polar surface area (TPSA) is 64.6 Å². The maximum absolute atomic E-state index is 12.6. The van der Waals surface area contributed by atoms with Gasteiger partial charge in [0.1, 0.15) is 6.61 Å². The number of esters is 1. The van der Waals surface area contributed by atoms with Gasteiger partial charge in [0.15, 0.2) is 0 Å². The van der Waals surface area contributed by atoms with E-state index in [1.165, 1.54) is 5.56 Å². The summed E-state index contributed by atoms with van der Waals surface area (Å²) in [5.74, 6) is -1.11. The number of amides is 1. The van der Waals surface area contributed by atoms with Crippen molar-refractivity contribution in [2.75, 3.05) is 19.8 Å². The Labute approximate surface area is 154 Å². The van der Waals surface area contributed by atoms with E-state index in [0.717, 1.165) is 25.9 Å². The van der Waals surface area contributed by atoms with E-state index >= 15 is 0 Å². The molecular weight excluding hydrogens is 330 g/mol. The molecule has 1 N–H and O–H groups in total. The van der Waals surface area contributed by atoms with Gasteiger partial charge in [-0.3, -0.25) is 9.59 Å². The van der Waals surface area contributed by atoms with Crippen molar-refractivity contribution in [3.05, 3.63) is 48.0 Å². The summed E-state index contributed by atoms with van der Waals surface area (Å²) in [5.41, 5.74) is 1.18. The third kappa shape index (κ3) is 5.18. The second-order valence-corrected chi connectivity index (χ2v) is 6.95. The van der Waals surface area contributed by atoms with Crippen molar-refractivity contribution in [2.24, 2.45) is 11.8 Å². The Morgan fingerprint density at radius 2 is 1.88 bits per heavy atom. The molecule has 3 rings (SSSR count). The minimum absolute atomic E-state index is 0.0104. The van der Waals surface area contributed by atoms with Gasteiger partial charge in [-0.1, -0.05) is 42.5 Å². The molecule has 1 aliphatic heterocycles. The number of nitrogens with one attached hydrogen (secondary N) is 1. The van der Waals surface area contributed by atoms with E-state index in [1.54, 1.807) is 0 Å². The fraction of sp³-hybridized carbons (Fsp3) is 0.524. The molecule has 1 saturated heterocycles. The summed E-state index contributed by atoms with van der Waals surface area (Å²) in [6, 6.07) is 10.0. The first-order valence-electron chi connectivity index (χ1n) is 9.49. The quantitative estimate of drug-likeness (QED) is 0.602. The monoisotopic (exact) mass is 357 g/mol. The van der Waals surface area contributed by atoms with Crippen molar-refractivity contribution in [1.82, 2.24) is 5.32 Å². The summed E-state index contributed by atoms with van der Waals surface area (Å²) in [6.45, 7) is 1.60. The fourth-order valence-electron chi connectivity index (χ4n) is 3.53. The summed E-state index contributed by atoms with van der Waals surface area (Å²) >= 11 is 0. The van der Waals surface area contributed by atoms with Crippen molar-refractivity contribution >= 4 is 11.9 Å². The van der Waals surface area contributed by atoms with Crippen LogP contribution in [0.5, 0.6) is 0 Å². The van der Waals surface area contributed by atoms with Gasteiger partial charge in [-0.25, -0.2) is 0 Å². The minimum atomic E-state index is -0.405. The Balaban J connectivity index is 1.48. The number of allylic oxidation sites excluding steroid dienone is 2. The van der Waals surface area contributed by atoms with Crippen LogP contribution >= 0.6 is 0 Å². The average Bonchev–Trinajstić information content (AvgIpc) is 3.20. The molecule has 0 aromatic heterocycles. The predicted octanol–water partition coefficient (Wildman–Crippen LogP) is 2.65. The van der Waals surface area contributed by atoms with Gasteiger partial charge in [-0.15, -0.1) is 0 Å². The highest BCUT2D eigenvalue weighted by atomic mass is 16.6. The number of carbonyl (C=O) groups excluding carboxylic acids is 2.